The summed E-state index contributed by atoms with van der Waals surface area (Å²) >= 11 is 0.513. The Bertz CT molecular complexity index is 820. The van der Waals surface area contributed by atoms with E-state index >= 15 is 0 Å². The molecule has 0 atom stereocenters. The molecule has 1 aliphatic heterocycles. The Morgan fingerprint density at radius 3 is 2.14 bits per heavy atom. The van der Waals surface area contributed by atoms with Crippen molar-refractivity contribution >= 4 is 27.7 Å². The van der Waals surface area contributed by atoms with Crippen LogP contribution in [-0.2, 0) is 10.2 Å². The van der Waals surface area contributed by atoms with E-state index < -0.39 is 40.7 Å². The van der Waals surface area contributed by atoms with Crippen LogP contribution < -0.4 is 9.62 Å². The number of halogens is 7. The molecule has 1 heterocycles. The van der Waals surface area contributed by atoms with Crippen molar-refractivity contribution in [2.45, 2.75) is 24.2 Å². The number of piperazine rings is 1. The van der Waals surface area contributed by atoms with Gasteiger partial charge in [0.2, 0.25) is 0 Å². The summed E-state index contributed by atoms with van der Waals surface area (Å²) in [5.74, 6) is -1.82. The Balaban J connectivity index is 2.07. The van der Waals surface area contributed by atoms with E-state index in [-0.39, 0.29) is 36.8 Å². The Hall–Kier alpha value is -1.25. The van der Waals surface area contributed by atoms with Crippen molar-refractivity contribution in [3.05, 3.63) is 23.5 Å². The number of benzene rings is 1. The first-order chi connectivity index (χ1) is 13.2. The Labute approximate surface area is 167 Å². The number of rotatable bonds is 6. The summed E-state index contributed by atoms with van der Waals surface area (Å²) < 4.78 is 114. The first-order valence-corrected chi connectivity index (χ1v) is 10.7. The molecule has 29 heavy (non-hydrogen) atoms. The molecule has 5 nitrogen and oxygen atoms in total. The zero-order valence-corrected chi connectivity index (χ0v) is 16.7. The van der Waals surface area contributed by atoms with Gasteiger partial charge in [0, 0.05) is 31.1 Å². The molecule has 0 saturated carbocycles. The third-order valence-corrected chi connectivity index (χ3v) is 6.79. The second-order valence-electron chi connectivity index (χ2n) is 6.30. The lowest BCUT2D eigenvalue weighted by atomic mass is 10.2. The first kappa shape index (κ1) is 24.0. The van der Waals surface area contributed by atoms with Crippen LogP contribution in [0.5, 0.6) is 0 Å². The molecule has 0 spiro atoms. The highest BCUT2D eigenvalue weighted by Crippen LogP contribution is 2.34. The van der Waals surface area contributed by atoms with Crippen LogP contribution in [0.4, 0.5) is 36.4 Å². The lowest BCUT2D eigenvalue weighted by molar-refractivity contribution is -0.121. The number of nitrogens with one attached hydrogen (secondary N) is 1. The average molecular weight is 469 g/mol. The number of anilines is 1. The molecule has 14 heteroatoms. The van der Waals surface area contributed by atoms with Gasteiger partial charge in [-0.25, -0.2) is 4.39 Å². The summed E-state index contributed by atoms with van der Waals surface area (Å²) in [6.07, 6.45) is -9.10. The zero-order chi connectivity index (χ0) is 22.0. The van der Waals surface area contributed by atoms with Crippen LogP contribution in [-0.4, -0.2) is 63.6 Å². The van der Waals surface area contributed by atoms with Crippen molar-refractivity contribution in [2.24, 2.45) is 0 Å². The smallest absolute Gasteiger partial charge is 0.366 e. The van der Waals surface area contributed by atoms with E-state index in [2.05, 4.69) is 0 Å². The van der Waals surface area contributed by atoms with E-state index in [1.54, 1.807) is 0 Å². The van der Waals surface area contributed by atoms with Gasteiger partial charge in [-0.15, -0.1) is 11.8 Å². The van der Waals surface area contributed by atoms with Crippen LogP contribution in [0.2, 0.25) is 0 Å². The molecule has 1 fully saturated rings. The van der Waals surface area contributed by atoms with Gasteiger partial charge in [0.1, 0.15) is 12.4 Å². The summed E-state index contributed by atoms with van der Waals surface area (Å²) in [5.41, 5.74) is 0.346. The minimum absolute atomic E-state index is 0.0144. The van der Waals surface area contributed by atoms with Crippen molar-refractivity contribution in [1.82, 2.24) is 9.03 Å². The number of alkyl halides is 6. The molecule has 0 bridgehead atoms. The second-order valence-corrected chi connectivity index (χ2v) is 9.07. The highest BCUT2D eigenvalue weighted by molar-refractivity contribution is 7.99. The van der Waals surface area contributed by atoms with Gasteiger partial charge in [-0.2, -0.15) is 43.8 Å². The predicted octanol–water partition coefficient (Wildman–Crippen LogP) is 3.31. The topological polar surface area (TPSA) is 52.7 Å². The van der Waals surface area contributed by atoms with Gasteiger partial charge >= 0.3 is 12.4 Å². The number of thioether (sulfide) groups is 1. The Morgan fingerprint density at radius 2 is 1.62 bits per heavy atom. The van der Waals surface area contributed by atoms with Gasteiger partial charge in [-0.3, -0.25) is 0 Å². The lowest BCUT2D eigenvalue weighted by Crippen LogP contribution is -2.53. The van der Waals surface area contributed by atoms with E-state index in [1.807, 2.05) is 0 Å². The SMILES string of the molecule is Cc1cc(F)c(N2CCN(S(=O)(=O)NCC(F)(F)F)CC2)cc1SCC(F)(F)F. The summed E-state index contributed by atoms with van der Waals surface area (Å²) in [6.45, 7) is -0.700. The summed E-state index contributed by atoms with van der Waals surface area (Å²) in [5, 5.41) is 0. The van der Waals surface area contributed by atoms with Crippen molar-refractivity contribution < 1.29 is 39.2 Å². The fraction of sp³-hybridized carbons (Fsp3) is 0.600. The van der Waals surface area contributed by atoms with Crippen LogP contribution in [0.1, 0.15) is 5.56 Å². The largest absolute Gasteiger partial charge is 0.402 e. The maximum Gasteiger partial charge on any atom is 0.402 e. The lowest BCUT2D eigenvalue weighted by Gasteiger charge is -2.35. The standard InChI is InChI=1S/C15H18F7N3O2S2/c1-10-6-11(16)12(7-13(10)28-9-15(20,21)22)24-2-4-25(5-3-24)29(26,27)23-8-14(17,18)19/h6-7,23H,2-5,8-9H2,1H3. The molecule has 1 aromatic carbocycles. The average Bonchev–Trinajstić information content (AvgIpc) is 2.58. The highest BCUT2D eigenvalue weighted by Gasteiger charge is 2.34. The molecule has 1 aliphatic rings. The van der Waals surface area contributed by atoms with Crippen LogP contribution in [0.15, 0.2) is 17.0 Å². The molecule has 0 unspecified atom stereocenters. The van der Waals surface area contributed by atoms with E-state index in [9.17, 15) is 39.2 Å². The molecule has 166 valence electrons. The van der Waals surface area contributed by atoms with Crippen molar-refractivity contribution in [1.29, 1.82) is 0 Å². The third-order valence-electron chi connectivity index (χ3n) is 4.01. The number of hydrogen-bond donors (Lipinski definition) is 1. The molecule has 1 aromatic rings. The molecule has 0 aromatic heterocycles. The molecule has 2 rings (SSSR count). The summed E-state index contributed by atoms with van der Waals surface area (Å²) in [7, 11) is -4.36. The Morgan fingerprint density at radius 1 is 1.03 bits per heavy atom. The fourth-order valence-corrected chi connectivity index (χ4v) is 4.61. The number of aryl methyl sites for hydroxylation is 1. The number of hydrogen-bond acceptors (Lipinski definition) is 4. The highest BCUT2D eigenvalue weighted by atomic mass is 32.2. The maximum absolute atomic E-state index is 14.3. The van der Waals surface area contributed by atoms with Crippen molar-refractivity contribution in [2.75, 3.05) is 43.4 Å². The minimum atomic E-state index is -4.70. The Kier molecular flexibility index (Phi) is 7.34. The number of nitrogens with zero attached hydrogens (tertiary/aromatic N) is 2. The van der Waals surface area contributed by atoms with Crippen molar-refractivity contribution in [3.63, 3.8) is 0 Å². The zero-order valence-electron chi connectivity index (χ0n) is 15.1. The molecular weight excluding hydrogens is 451 g/mol. The second kappa shape index (κ2) is 8.86. The summed E-state index contributed by atoms with van der Waals surface area (Å²) in [6, 6.07) is 2.37. The third kappa shape index (κ3) is 7.19. The van der Waals surface area contributed by atoms with Gasteiger partial charge in [-0.1, -0.05) is 0 Å². The van der Waals surface area contributed by atoms with E-state index in [4.69, 9.17) is 0 Å². The van der Waals surface area contributed by atoms with Crippen molar-refractivity contribution in [3.8, 4) is 0 Å². The molecular formula is C15H18F7N3O2S2. The minimum Gasteiger partial charge on any atom is -0.366 e. The molecule has 1 N–H and O–H groups in total. The van der Waals surface area contributed by atoms with Crippen LogP contribution in [0.25, 0.3) is 0 Å². The van der Waals surface area contributed by atoms with E-state index in [0.29, 0.717) is 17.3 Å². The van der Waals surface area contributed by atoms with Gasteiger partial charge in [-0.05, 0) is 24.6 Å². The van der Waals surface area contributed by atoms with Gasteiger partial charge < -0.3 is 4.90 Å². The quantitative estimate of drug-likeness (QED) is 0.513. The van der Waals surface area contributed by atoms with Crippen LogP contribution in [0, 0.1) is 12.7 Å². The van der Waals surface area contributed by atoms with Gasteiger partial charge in [0.25, 0.3) is 10.2 Å². The normalized spacial score (nSPS) is 17.0. The van der Waals surface area contributed by atoms with Crippen LogP contribution in [0.3, 0.4) is 0 Å². The molecule has 1 saturated heterocycles. The first-order valence-electron chi connectivity index (χ1n) is 8.24. The van der Waals surface area contributed by atoms with Gasteiger partial charge in [0.05, 0.1) is 11.4 Å². The predicted molar refractivity (Wildman–Crippen MR) is 94.7 cm³/mol. The fourth-order valence-electron chi connectivity index (χ4n) is 2.63. The van der Waals surface area contributed by atoms with Gasteiger partial charge in [0.15, 0.2) is 0 Å². The molecule has 0 aliphatic carbocycles. The molecule has 0 amide bonds. The monoisotopic (exact) mass is 469 g/mol. The van der Waals surface area contributed by atoms with E-state index in [0.717, 1.165) is 10.4 Å². The van der Waals surface area contributed by atoms with Crippen LogP contribution >= 0.6 is 11.8 Å². The maximum atomic E-state index is 14.3. The molecule has 0 radical (unpaired) electrons. The van der Waals surface area contributed by atoms with E-state index in [1.165, 1.54) is 22.6 Å². The summed E-state index contributed by atoms with van der Waals surface area (Å²) in [4.78, 5) is 1.68.